The molecule has 0 radical (unpaired) electrons. The number of anilines is 1. The van der Waals surface area contributed by atoms with Gasteiger partial charge in [0.25, 0.3) is 5.89 Å². The minimum absolute atomic E-state index is 0.0386. The van der Waals surface area contributed by atoms with Gasteiger partial charge in [0.15, 0.2) is 5.82 Å². The molecule has 1 aliphatic rings. The summed E-state index contributed by atoms with van der Waals surface area (Å²) < 4.78 is 5.33. The highest BCUT2D eigenvalue weighted by Crippen LogP contribution is 2.32. The number of nitrogens with two attached hydrogens (primary N) is 1. The SMILES string of the molecule is Nc1ccc(-c2nc(C3CCCCCC3)no2)cc1O. The van der Waals surface area contributed by atoms with E-state index in [2.05, 4.69) is 10.1 Å². The summed E-state index contributed by atoms with van der Waals surface area (Å²) in [5, 5.41) is 13.8. The molecule has 0 amide bonds. The summed E-state index contributed by atoms with van der Waals surface area (Å²) in [5.41, 5.74) is 6.63. The monoisotopic (exact) mass is 273 g/mol. The van der Waals surface area contributed by atoms with Crippen molar-refractivity contribution in [3.8, 4) is 17.2 Å². The van der Waals surface area contributed by atoms with Crippen molar-refractivity contribution in [3.63, 3.8) is 0 Å². The fourth-order valence-corrected chi connectivity index (χ4v) is 2.73. The Bertz CT molecular complexity index is 587. The predicted molar refractivity (Wildman–Crippen MR) is 76.3 cm³/mol. The number of hydrogen-bond donors (Lipinski definition) is 2. The Labute approximate surface area is 117 Å². The maximum Gasteiger partial charge on any atom is 0.258 e. The second-order valence-corrected chi connectivity index (χ2v) is 5.42. The lowest BCUT2D eigenvalue weighted by Crippen LogP contribution is -1.99. The Morgan fingerprint density at radius 2 is 1.90 bits per heavy atom. The van der Waals surface area contributed by atoms with Gasteiger partial charge in [-0.3, -0.25) is 0 Å². The largest absolute Gasteiger partial charge is 0.506 e. The Hall–Kier alpha value is -2.04. The Morgan fingerprint density at radius 1 is 1.15 bits per heavy atom. The van der Waals surface area contributed by atoms with Gasteiger partial charge in [-0.05, 0) is 31.0 Å². The highest BCUT2D eigenvalue weighted by Gasteiger charge is 2.20. The van der Waals surface area contributed by atoms with Crippen molar-refractivity contribution in [1.29, 1.82) is 0 Å². The van der Waals surface area contributed by atoms with Crippen LogP contribution in [0, 0.1) is 0 Å². The zero-order valence-corrected chi connectivity index (χ0v) is 11.4. The molecule has 0 unspecified atom stereocenters. The summed E-state index contributed by atoms with van der Waals surface area (Å²) in [6.45, 7) is 0. The maximum atomic E-state index is 9.64. The number of phenols is 1. The van der Waals surface area contributed by atoms with E-state index in [-0.39, 0.29) is 5.75 Å². The van der Waals surface area contributed by atoms with Crippen molar-refractivity contribution in [2.45, 2.75) is 44.4 Å². The van der Waals surface area contributed by atoms with Crippen LogP contribution < -0.4 is 5.73 Å². The van der Waals surface area contributed by atoms with Gasteiger partial charge in [0, 0.05) is 11.5 Å². The normalized spacial score (nSPS) is 17.0. The van der Waals surface area contributed by atoms with Crippen molar-refractivity contribution >= 4 is 5.69 Å². The number of aromatic nitrogens is 2. The van der Waals surface area contributed by atoms with Gasteiger partial charge in [-0.25, -0.2) is 0 Å². The summed E-state index contributed by atoms with van der Waals surface area (Å²) in [6.07, 6.45) is 7.33. The van der Waals surface area contributed by atoms with Gasteiger partial charge in [-0.2, -0.15) is 4.98 Å². The first-order valence-corrected chi connectivity index (χ1v) is 7.16. The van der Waals surface area contributed by atoms with Crippen LogP contribution in [0.3, 0.4) is 0 Å². The molecule has 0 spiro atoms. The van der Waals surface area contributed by atoms with E-state index in [1.165, 1.54) is 25.7 Å². The Balaban J connectivity index is 1.83. The quantitative estimate of drug-likeness (QED) is 0.497. The molecule has 0 saturated heterocycles. The number of phenolic OH excluding ortho intramolecular Hbond substituents is 1. The molecule has 1 aromatic heterocycles. The standard InChI is InChI=1S/C15H19N3O2/c16-12-8-7-11(9-13(12)19)15-17-14(18-20-15)10-5-3-1-2-4-6-10/h7-10,19H,1-6,16H2. The first-order valence-electron chi connectivity index (χ1n) is 7.16. The summed E-state index contributed by atoms with van der Waals surface area (Å²) >= 11 is 0. The van der Waals surface area contributed by atoms with E-state index in [9.17, 15) is 5.11 Å². The van der Waals surface area contributed by atoms with Crippen LogP contribution in [-0.2, 0) is 0 Å². The fourth-order valence-electron chi connectivity index (χ4n) is 2.73. The van der Waals surface area contributed by atoms with E-state index >= 15 is 0 Å². The third-order valence-electron chi connectivity index (χ3n) is 3.94. The van der Waals surface area contributed by atoms with Gasteiger partial charge >= 0.3 is 0 Å². The fraction of sp³-hybridized carbons (Fsp3) is 0.467. The first-order chi connectivity index (χ1) is 9.74. The molecule has 1 fully saturated rings. The van der Waals surface area contributed by atoms with Crippen LogP contribution in [0.4, 0.5) is 5.69 Å². The van der Waals surface area contributed by atoms with Crippen molar-refractivity contribution < 1.29 is 9.63 Å². The van der Waals surface area contributed by atoms with Crippen LogP contribution in [0.25, 0.3) is 11.5 Å². The Kier molecular flexibility index (Phi) is 3.58. The van der Waals surface area contributed by atoms with E-state index in [1.807, 2.05) is 0 Å². The summed E-state index contributed by atoms with van der Waals surface area (Å²) in [7, 11) is 0. The third kappa shape index (κ3) is 2.61. The molecule has 20 heavy (non-hydrogen) atoms. The molecule has 3 rings (SSSR count). The summed E-state index contributed by atoms with van der Waals surface area (Å²) in [6, 6.07) is 4.97. The van der Waals surface area contributed by atoms with Crippen molar-refractivity contribution in [1.82, 2.24) is 10.1 Å². The van der Waals surface area contributed by atoms with Gasteiger partial charge < -0.3 is 15.4 Å². The summed E-state index contributed by atoms with van der Waals surface area (Å²) in [5.74, 6) is 1.67. The second kappa shape index (κ2) is 5.53. The van der Waals surface area contributed by atoms with Crippen LogP contribution in [0.15, 0.2) is 22.7 Å². The van der Waals surface area contributed by atoms with Crippen molar-refractivity contribution in [3.05, 3.63) is 24.0 Å². The number of rotatable bonds is 2. The van der Waals surface area contributed by atoms with Crippen LogP contribution in [0.2, 0.25) is 0 Å². The molecule has 1 aliphatic carbocycles. The minimum atomic E-state index is 0.0386. The molecular weight excluding hydrogens is 254 g/mol. The number of nitrogen functional groups attached to an aromatic ring is 1. The van der Waals surface area contributed by atoms with Crippen LogP contribution in [0.1, 0.15) is 50.3 Å². The van der Waals surface area contributed by atoms with Crippen LogP contribution in [-0.4, -0.2) is 15.2 Å². The van der Waals surface area contributed by atoms with E-state index in [1.54, 1.807) is 18.2 Å². The predicted octanol–water partition coefficient (Wildman–Crippen LogP) is 3.46. The molecule has 1 aromatic carbocycles. The lowest BCUT2D eigenvalue weighted by molar-refractivity contribution is 0.409. The average molecular weight is 273 g/mol. The number of hydrogen-bond acceptors (Lipinski definition) is 5. The van der Waals surface area contributed by atoms with E-state index in [0.717, 1.165) is 18.7 Å². The zero-order valence-electron chi connectivity index (χ0n) is 11.4. The second-order valence-electron chi connectivity index (χ2n) is 5.42. The van der Waals surface area contributed by atoms with E-state index in [0.29, 0.717) is 23.1 Å². The zero-order chi connectivity index (χ0) is 13.9. The van der Waals surface area contributed by atoms with Gasteiger partial charge in [0.1, 0.15) is 5.75 Å². The number of aromatic hydroxyl groups is 1. The highest BCUT2D eigenvalue weighted by atomic mass is 16.5. The molecule has 0 atom stereocenters. The molecule has 0 bridgehead atoms. The lowest BCUT2D eigenvalue weighted by atomic mass is 10.00. The third-order valence-corrected chi connectivity index (χ3v) is 3.94. The molecule has 0 aliphatic heterocycles. The molecule has 106 valence electrons. The first kappa shape index (κ1) is 13.0. The van der Waals surface area contributed by atoms with Crippen molar-refractivity contribution in [2.75, 3.05) is 5.73 Å². The maximum absolute atomic E-state index is 9.64. The molecule has 2 aromatic rings. The molecule has 5 nitrogen and oxygen atoms in total. The van der Waals surface area contributed by atoms with Crippen molar-refractivity contribution in [2.24, 2.45) is 0 Å². The number of benzene rings is 1. The van der Waals surface area contributed by atoms with Gasteiger partial charge in [-0.1, -0.05) is 30.8 Å². The van der Waals surface area contributed by atoms with Gasteiger partial charge in [0.05, 0.1) is 5.69 Å². The molecule has 1 heterocycles. The van der Waals surface area contributed by atoms with Gasteiger partial charge in [-0.15, -0.1) is 0 Å². The molecule has 1 saturated carbocycles. The average Bonchev–Trinajstić information content (AvgIpc) is 2.78. The van der Waals surface area contributed by atoms with Crippen LogP contribution in [0.5, 0.6) is 5.75 Å². The lowest BCUT2D eigenvalue weighted by Gasteiger charge is -2.07. The minimum Gasteiger partial charge on any atom is -0.506 e. The van der Waals surface area contributed by atoms with E-state index in [4.69, 9.17) is 10.3 Å². The molecule has 5 heteroatoms. The van der Waals surface area contributed by atoms with Gasteiger partial charge in [0.2, 0.25) is 0 Å². The topological polar surface area (TPSA) is 85.2 Å². The summed E-state index contributed by atoms with van der Waals surface area (Å²) in [4.78, 5) is 4.49. The van der Waals surface area contributed by atoms with Crippen LogP contribution >= 0.6 is 0 Å². The number of nitrogens with zero attached hydrogens (tertiary/aromatic N) is 2. The van der Waals surface area contributed by atoms with E-state index < -0.39 is 0 Å². The smallest absolute Gasteiger partial charge is 0.258 e. The highest BCUT2D eigenvalue weighted by molar-refractivity contribution is 5.63. The molecule has 3 N–H and O–H groups in total. The Morgan fingerprint density at radius 3 is 2.60 bits per heavy atom. The molecular formula is C15H19N3O2.